The zero-order valence-electron chi connectivity index (χ0n) is 27.6. The van der Waals surface area contributed by atoms with Gasteiger partial charge in [-0.2, -0.15) is 0 Å². The fraction of sp³-hybridized carbons (Fsp3) is 0. The number of nitrogens with zero attached hydrogens (tertiary/aromatic N) is 4. The van der Waals surface area contributed by atoms with Crippen molar-refractivity contribution in [1.82, 2.24) is 19.5 Å². The SMILES string of the molecule is c1ccc(-c2nc(-c3ccc(-c4cccnc4)cc3)cc(-c3ccc(-n4c5ccccc5c5c6ccccc6c6ccccc6c54)cc3)n2)cc1. The second-order valence-electron chi connectivity index (χ2n) is 12.9. The monoisotopic (exact) mass is 650 g/mol. The Morgan fingerprint density at radius 1 is 0.392 bits per heavy atom. The largest absolute Gasteiger partial charge is 0.309 e. The highest BCUT2D eigenvalue weighted by Crippen LogP contribution is 2.42. The van der Waals surface area contributed by atoms with E-state index < -0.39 is 0 Å². The number of hydrogen-bond donors (Lipinski definition) is 0. The third kappa shape index (κ3) is 4.88. The summed E-state index contributed by atoms with van der Waals surface area (Å²) < 4.78 is 2.42. The van der Waals surface area contributed by atoms with Gasteiger partial charge in [0.2, 0.25) is 0 Å². The zero-order valence-corrected chi connectivity index (χ0v) is 27.6. The highest BCUT2D eigenvalue weighted by atomic mass is 15.0. The molecule has 0 bridgehead atoms. The molecule has 0 saturated heterocycles. The molecule has 0 saturated carbocycles. The molecule has 3 heterocycles. The van der Waals surface area contributed by atoms with Crippen molar-refractivity contribution >= 4 is 43.4 Å². The van der Waals surface area contributed by atoms with Crippen LogP contribution in [0, 0.1) is 0 Å². The van der Waals surface area contributed by atoms with Crippen molar-refractivity contribution in [3.63, 3.8) is 0 Å². The number of fused-ring (bicyclic) bond motifs is 8. The normalized spacial score (nSPS) is 11.5. The fourth-order valence-corrected chi connectivity index (χ4v) is 7.50. The number of hydrogen-bond acceptors (Lipinski definition) is 3. The van der Waals surface area contributed by atoms with Crippen molar-refractivity contribution in [2.45, 2.75) is 0 Å². The lowest BCUT2D eigenvalue weighted by Gasteiger charge is -2.13. The molecule has 0 aliphatic heterocycles. The van der Waals surface area contributed by atoms with Crippen LogP contribution in [0.1, 0.15) is 0 Å². The molecular formula is C47H30N4. The average Bonchev–Trinajstić information content (AvgIpc) is 3.57. The van der Waals surface area contributed by atoms with Gasteiger partial charge in [-0.15, -0.1) is 0 Å². The number of rotatable bonds is 5. The Kier molecular flexibility index (Phi) is 6.78. The van der Waals surface area contributed by atoms with Gasteiger partial charge < -0.3 is 4.57 Å². The Morgan fingerprint density at radius 2 is 0.941 bits per heavy atom. The Hall–Kier alpha value is -6.91. The highest BCUT2D eigenvalue weighted by molar-refractivity contribution is 6.32. The predicted octanol–water partition coefficient (Wildman–Crippen LogP) is 11.9. The quantitative estimate of drug-likeness (QED) is 0.174. The summed E-state index contributed by atoms with van der Waals surface area (Å²) >= 11 is 0. The minimum absolute atomic E-state index is 0.698. The first kappa shape index (κ1) is 29.0. The van der Waals surface area contributed by atoms with Crippen molar-refractivity contribution in [1.29, 1.82) is 0 Å². The lowest BCUT2D eigenvalue weighted by molar-refractivity contribution is 1.17. The summed E-state index contributed by atoms with van der Waals surface area (Å²) in [5.74, 6) is 0.698. The van der Waals surface area contributed by atoms with Crippen molar-refractivity contribution in [2.75, 3.05) is 0 Å². The summed E-state index contributed by atoms with van der Waals surface area (Å²) in [4.78, 5) is 14.4. The minimum Gasteiger partial charge on any atom is -0.309 e. The van der Waals surface area contributed by atoms with Gasteiger partial charge in [0.05, 0.1) is 22.4 Å². The van der Waals surface area contributed by atoms with Gasteiger partial charge in [0.15, 0.2) is 5.82 Å². The summed E-state index contributed by atoms with van der Waals surface area (Å²) in [7, 11) is 0. The highest BCUT2D eigenvalue weighted by Gasteiger charge is 2.19. The lowest BCUT2D eigenvalue weighted by Crippen LogP contribution is -1.97. The van der Waals surface area contributed by atoms with E-state index in [1.165, 1.54) is 43.4 Å². The molecular weight excluding hydrogens is 621 g/mol. The summed E-state index contributed by atoms with van der Waals surface area (Å²) in [6, 6.07) is 60.0. The Bertz CT molecular complexity index is 2880. The first-order valence-corrected chi connectivity index (χ1v) is 17.2. The van der Waals surface area contributed by atoms with E-state index in [1.807, 2.05) is 30.5 Å². The Morgan fingerprint density at radius 3 is 1.63 bits per heavy atom. The van der Waals surface area contributed by atoms with E-state index in [2.05, 4.69) is 155 Å². The van der Waals surface area contributed by atoms with Gasteiger partial charge in [-0.3, -0.25) is 4.98 Å². The average molecular weight is 651 g/mol. The van der Waals surface area contributed by atoms with E-state index in [-0.39, 0.29) is 0 Å². The maximum absolute atomic E-state index is 5.11. The van der Waals surface area contributed by atoms with Gasteiger partial charge in [0.1, 0.15) is 0 Å². The van der Waals surface area contributed by atoms with Crippen LogP contribution in [0.15, 0.2) is 182 Å². The van der Waals surface area contributed by atoms with Crippen LogP contribution in [-0.4, -0.2) is 19.5 Å². The van der Waals surface area contributed by atoms with Gasteiger partial charge in [-0.1, -0.05) is 140 Å². The maximum atomic E-state index is 5.11. The summed E-state index contributed by atoms with van der Waals surface area (Å²) in [5.41, 5.74) is 10.5. The van der Waals surface area contributed by atoms with Crippen LogP contribution in [-0.2, 0) is 0 Å². The van der Waals surface area contributed by atoms with E-state index in [9.17, 15) is 0 Å². The maximum Gasteiger partial charge on any atom is 0.160 e. The molecule has 10 aromatic rings. The smallest absolute Gasteiger partial charge is 0.160 e. The van der Waals surface area contributed by atoms with Gasteiger partial charge in [-0.05, 0) is 57.6 Å². The molecule has 10 rings (SSSR count). The molecule has 0 fully saturated rings. The molecule has 0 N–H and O–H groups in total. The third-order valence-electron chi connectivity index (χ3n) is 9.90. The second kappa shape index (κ2) is 11.9. The predicted molar refractivity (Wildman–Crippen MR) is 211 cm³/mol. The molecule has 0 amide bonds. The summed E-state index contributed by atoms with van der Waals surface area (Å²) in [6.07, 6.45) is 3.68. The lowest BCUT2D eigenvalue weighted by atomic mass is 9.97. The molecule has 0 radical (unpaired) electrons. The van der Waals surface area contributed by atoms with E-state index in [4.69, 9.17) is 9.97 Å². The van der Waals surface area contributed by atoms with Crippen LogP contribution in [0.4, 0.5) is 0 Å². The van der Waals surface area contributed by atoms with Crippen LogP contribution in [0.25, 0.3) is 94.1 Å². The molecule has 7 aromatic carbocycles. The van der Waals surface area contributed by atoms with E-state index in [0.29, 0.717) is 5.82 Å². The molecule has 0 atom stereocenters. The zero-order chi connectivity index (χ0) is 33.7. The molecule has 51 heavy (non-hydrogen) atoms. The van der Waals surface area contributed by atoms with Crippen molar-refractivity contribution in [3.05, 3.63) is 182 Å². The fourth-order valence-electron chi connectivity index (χ4n) is 7.50. The summed E-state index contributed by atoms with van der Waals surface area (Å²) in [6.45, 7) is 0. The van der Waals surface area contributed by atoms with Crippen LogP contribution in [0.2, 0.25) is 0 Å². The van der Waals surface area contributed by atoms with Crippen molar-refractivity contribution in [2.24, 2.45) is 0 Å². The first-order chi connectivity index (χ1) is 25.3. The molecule has 238 valence electrons. The summed E-state index contributed by atoms with van der Waals surface area (Å²) in [5, 5.41) is 7.59. The first-order valence-electron chi connectivity index (χ1n) is 17.2. The van der Waals surface area contributed by atoms with Gasteiger partial charge in [-0.25, -0.2) is 9.97 Å². The molecule has 0 aliphatic carbocycles. The number of pyridine rings is 1. The van der Waals surface area contributed by atoms with Crippen LogP contribution in [0.5, 0.6) is 0 Å². The van der Waals surface area contributed by atoms with Crippen molar-refractivity contribution < 1.29 is 0 Å². The molecule has 3 aromatic heterocycles. The number of aromatic nitrogens is 4. The van der Waals surface area contributed by atoms with Crippen LogP contribution in [0.3, 0.4) is 0 Å². The van der Waals surface area contributed by atoms with Crippen molar-refractivity contribution in [3.8, 4) is 50.7 Å². The van der Waals surface area contributed by atoms with E-state index in [0.717, 1.165) is 44.9 Å². The molecule has 0 aliphatic rings. The Labute approximate surface area is 295 Å². The Balaban J connectivity index is 1.13. The van der Waals surface area contributed by atoms with Gasteiger partial charge in [0, 0.05) is 50.9 Å². The van der Waals surface area contributed by atoms with Gasteiger partial charge >= 0.3 is 0 Å². The second-order valence-corrected chi connectivity index (χ2v) is 12.9. The van der Waals surface area contributed by atoms with Crippen LogP contribution >= 0.6 is 0 Å². The van der Waals surface area contributed by atoms with E-state index in [1.54, 1.807) is 6.20 Å². The molecule has 4 heteroatoms. The van der Waals surface area contributed by atoms with Crippen LogP contribution < -0.4 is 0 Å². The topological polar surface area (TPSA) is 43.6 Å². The molecule has 0 unspecified atom stereocenters. The number of benzene rings is 7. The van der Waals surface area contributed by atoms with Gasteiger partial charge in [0.25, 0.3) is 0 Å². The standard InChI is InChI=1S/C47H30N4/c1-2-11-34(12-3-1)47-49-42(32-22-20-31(21-23-32)35-13-10-28-48-30-35)29-43(50-47)33-24-26-36(27-25-33)51-44-19-9-8-18-41(44)45-39-16-6-4-14-37(39)38-15-5-7-17-40(38)46(45)51/h1-30H. The van der Waals surface area contributed by atoms with E-state index >= 15 is 0 Å². The minimum atomic E-state index is 0.698. The molecule has 0 spiro atoms. The third-order valence-corrected chi connectivity index (χ3v) is 9.90. The number of para-hydroxylation sites is 1. The molecule has 4 nitrogen and oxygen atoms in total.